The zero-order valence-corrected chi connectivity index (χ0v) is 10.6. The molecule has 1 aliphatic carbocycles. The van der Waals surface area contributed by atoms with Gasteiger partial charge < -0.3 is 14.7 Å². The maximum Gasteiger partial charge on any atom is 0.308 e. The maximum atomic E-state index is 11.7. The standard InChI is InChI=1S/C13H21NO4/c15-12-6-5-10(13(16)17)9-14(12)7-8-18-11-3-1-2-4-11/h10-11H,1-9H2,(H,16,17). The molecular formula is C13H21NO4. The number of amides is 1. The normalized spacial score (nSPS) is 25.7. The average Bonchev–Trinajstić information content (AvgIpc) is 2.84. The lowest BCUT2D eigenvalue weighted by molar-refractivity contribution is -0.147. The second-order valence-corrected chi connectivity index (χ2v) is 5.19. The van der Waals surface area contributed by atoms with Crippen molar-refractivity contribution in [2.75, 3.05) is 19.7 Å². The molecular weight excluding hydrogens is 234 g/mol. The van der Waals surface area contributed by atoms with Crippen LogP contribution in [0.4, 0.5) is 0 Å². The van der Waals surface area contributed by atoms with Gasteiger partial charge in [0.05, 0.1) is 18.6 Å². The van der Waals surface area contributed by atoms with Gasteiger partial charge in [0, 0.05) is 19.5 Å². The molecule has 2 rings (SSSR count). The van der Waals surface area contributed by atoms with E-state index in [1.807, 2.05) is 0 Å². The number of ether oxygens (including phenoxy) is 1. The topological polar surface area (TPSA) is 66.8 Å². The molecule has 2 aliphatic rings. The molecule has 1 saturated heterocycles. The van der Waals surface area contributed by atoms with Crippen LogP contribution in [0.3, 0.4) is 0 Å². The van der Waals surface area contributed by atoms with Crippen molar-refractivity contribution in [3.05, 3.63) is 0 Å². The van der Waals surface area contributed by atoms with E-state index in [2.05, 4.69) is 0 Å². The first-order valence-corrected chi connectivity index (χ1v) is 6.79. The van der Waals surface area contributed by atoms with Gasteiger partial charge in [-0.05, 0) is 19.3 Å². The first-order valence-electron chi connectivity index (χ1n) is 6.79. The Labute approximate surface area is 107 Å². The van der Waals surface area contributed by atoms with Crippen LogP contribution in [0.5, 0.6) is 0 Å². The van der Waals surface area contributed by atoms with Crippen LogP contribution in [-0.2, 0) is 14.3 Å². The van der Waals surface area contributed by atoms with Gasteiger partial charge >= 0.3 is 5.97 Å². The van der Waals surface area contributed by atoms with Crippen LogP contribution in [0, 0.1) is 5.92 Å². The number of carbonyl (C=O) groups excluding carboxylic acids is 1. The van der Waals surface area contributed by atoms with Crippen molar-refractivity contribution < 1.29 is 19.4 Å². The minimum absolute atomic E-state index is 0.0579. The van der Waals surface area contributed by atoms with Crippen molar-refractivity contribution in [3.63, 3.8) is 0 Å². The van der Waals surface area contributed by atoms with Gasteiger partial charge in [-0.3, -0.25) is 9.59 Å². The summed E-state index contributed by atoms with van der Waals surface area (Å²) in [7, 11) is 0. The van der Waals surface area contributed by atoms with Crippen molar-refractivity contribution in [1.82, 2.24) is 4.90 Å². The first kappa shape index (κ1) is 13.3. The molecule has 0 spiro atoms. The molecule has 1 aliphatic heterocycles. The summed E-state index contributed by atoms with van der Waals surface area (Å²) in [4.78, 5) is 24.2. The summed E-state index contributed by atoms with van der Waals surface area (Å²) in [6.45, 7) is 1.39. The van der Waals surface area contributed by atoms with Gasteiger partial charge in [-0.15, -0.1) is 0 Å². The SMILES string of the molecule is O=C(O)C1CCC(=O)N(CCOC2CCCC2)C1. The monoisotopic (exact) mass is 255 g/mol. The fraction of sp³-hybridized carbons (Fsp3) is 0.846. The number of nitrogens with zero attached hydrogens (tertiary/aromatic N) is 1. The maximum absolute atomic E-state index is 11.7. The first-order chi connectivity index (χ1) is 8.66. The van der Waals surface area contributed by atoms with E-state index >= 15 is 0 Å². The largest absolute Gasteiger partial charge is 0.481 e. The molecule has 18 heavy (non-hydrogen) atoms. The van der Waals surface area contributed by atoms with E-state index in [9.17, 15) is 9.59 Å². The van der Waals surface area contributed by atoms with E-state index in [-0.39, 0.29) is 5.91 Å². The molecule has 0 aromatic heterocycles. The predicted molar refractivity (Wildman–Crippen MR) is 65.1 cm³/mol. The van der Waals surface area contributed by atoms with Gasteiger partial charge in [-0.25, -0.2) is 0 Å². The quantitative estimate of drug-likeness (QED) is 0.803. The number of likely N-dealkylation sites (tertiary alicyclic amines) is 1. The Kier molecular flexibility index (Phi) is 4.58. The Morgan fingerprint density at radius 2 is 2.06 bits per heavy atom. The number of aliphatic carboxylic acids is 1. The highest BCUT2D eigenvalue weighted by Crippen LogP contribution is 2.21. The zero-order valence-electron chi connectivity index (χ0n) is 10.6. The molecule has 1 N–H and O–H groups in total. The number of carboxylic acid groups (broad SMARTS) is 1. The minimum Gasteiger partial charge on any atom is -0.481 e. The predicted octanol–water partition coefficient (Wildman–Crippen LogP) is 1.27. The van der Waals surface area contributed by atoms with E-state index in [1.165, 1.54) is 12.8 Å². The molecule has 1 heterocycles. The zero-order chi connectivity index (χ0) is 13.0. The highest BCUT2D eigenvalue weighted by Gasteiger charge is 2.29. The van der Waals surface area contributed by atoms with Gasteiger partial charge in [0.15, 0.2) is 0 Å². The Balaban J connectivity index is 1.72. The van der Waals surface area contributed by atoms with Crippen LogP contribution in [-0.4, -0.2) is 47.7 Å². The van der Waals surface area contributed by atoms with Gasteiger partial charge in [-0.2, -0.15) is 0 Å². The number of carboxylic acids is 1. The second-order valence-electron chi connectivity index (χ2n) is 5.19. The number of hydrogen-bond acceptors (Lipinski definition) is 3. The Morgan fingerprint density at radius 1 is 1.33 bits per heavy atom. The lowest BCUT2D eigenvalue weighted by atomic mass is 9.98. The van der Waals surface area contributed by atoms with Crippen LogP contribution in [0.15, 0.2) is 0 Å². The molecule has 1 saturated carbocycles. The van der Waals surface area contributed by atoms with Gasteiger partial charge in [0.1, 0.15) is 0 Å². The van der Waals surface area contributed by atoms with Gasteiger partial charge in [0.25, 0.3) is 0 Å². The summed E-state index contributed by atoms with van der Waals surface area (Å²) in [5, 5.41) is 8.97. The molecule has 1 amide bonds. The third-order valence-electron chi connectivity index (χ3n) is 3.87. The van der Waals surface area contributed by atoms with Crippen molar-refractivity contribution in [2.24, 2.45) is 5.92 Å². The van der Waals surface area contributed by atoms with Crippen LogP contribution in [0.1, 0.15) is 38.5 Å². The highest BCUT2D eigenvalue weighted by atomic mass is 16.5. The van der Waals surface area contributed by atoms with Crippen molar-refractivity contribution in [1.29, 1.82) is 0 Å². The Hall–Kier alpha value is -1.10. The molecule has 102 valence electrons. The number of rotatable bonds is 5. The molecule has 0 aromatic carbocycles. The number of carbonyl (C=O) groups is 2. The fourth-order valence-electron chi connectivity index (χ4n) is 2.72. The number of piperidine rings is 1. The molecule has 5 heteroatoms. The van der Waals surface area contributed by atoms with Crippen molar-refractivity contribution in [2.45, 2.75) is 44.6 Å². The van der Waals surface area contributed by atoms with E-state index in [1.54, 1.807) is 4.90 Å². The molecule has 0 radical (unpaired) electrons. The molecule has 0 aromatic rings. The fourth-order valence-corrected chi connectivity index (χ4v) is 2.72. The highest BCUT2D eigenvalue weighted by molar-refractivity contribution is 5.80. The summed E-state index contributed by atoms with van der Waals surface area (Å²) in [6.07, 6.45) is 5.86. The minimum atomic E-state index is -0.802. The molecule has 1 unspecified atom stereocenters. The Morgan fingerprint density at radius 3 is 2.72 bits per heavy atom. The van der Waals surface area contributed by atoms with E-state index in [0.717, 1.165) is 12.8 Å². The van der Waals surface area contributed by atoms with Crippen molar-refractivity contribution in [3.8, 4) is 0 Å². The average molecular weight is 255 g/mol. The van der Waals surface area contributed by atoms with Gasteiger partial charge in [0.2, 0.25) is 5.91 Å². The summed E-state index contributed by atoms with van der Waals surface area (Å²) < 4.78 is 5.71. The lowest BCUT2D eigenvalue weighted by Gasteiger charge is -2.30. The number of hydrogen-bond donors (Lipinski definition) is 1. The molecule has 2 fully saturated rings. The molecule has 5 nitrogen and oxygen atoms in total. The van der Waals surface area contributed by atoms with E-state index in [0.29, 0.717) is 38.6 Å². The third-order valence-corrected chi connectivity index (χ3v) is 3.87. The molecule has 1 atom stereocenters. The van der Waals surface area contributed by atoms with Crippen LogP contribution in [0.2, 0.25) is 0 Å². The summed E-state index contributed by atoms with van der Waals surface area (Å²) in [6, 6.07) is 0. The van der Waals surface area contributed by atoms with Crippen LogP contribution < -0.4 is 0 Å². The Bertz CT molecular complexity index is 312. The van der Waals surface area contributed by atoms with E-state index in [4.69, 9.17) is 9.84 Å². The summed E-state index contributed by atoms with van der Waals surface area (Å²) in [5.41, 5.74) is 0. The second kappa shape index (κ2) is 6.18. The summed E-state index contributed by atoms with van der Waals surface area (Å²) in [5.74, 6) is -1.15. The summed E-state index contributed by atoms with van der Waals surface area (Å²) >= 11 is 0. The molecule has 0 bridgehead atoms. The smallest absolute Gasteiger partial charge is 0.308 e. The van der Waals surface area contributed by atoms with Crippen molar-refractivity contribution >= 4 is 11.9 Å². The van der Waals surface area contributed by atoms with E-state index < -0.39 is 11.9 Å². The third kappa shape index (κ3) is 3.45. The lowest BCUT2D eigenvalue weighted by Crippen LogP contribution is -2.44. The van der Waals surface area contributed by atoms with Crippen LogP contribution >= 0.6 is 0 Å². The van der Waals surface area contributed by atoms with Crippen LogP contribution in [0.25, 0.3) is 0 Å². The van der Waals surface area contributed by atoms with Gasteiger partial charge in [-0.1, -0.05) is 12.8 Å².